The van der Waals surface area contributed by atoms with Crippen LogP contribution in [-0.2, 0) is 11.2 Å². The molecule has 30 heavy (non-hydrogen) atoms. The lowest BCUT2D eigenvalue weighted by atomic mass is 10.0. The molecule has 0 radical (unpaired) electrons. The fraction of sp³-hybridized carbons (Fsp3) is 0.318. The van der Waals surface area contributed by atoms with Crippen molar-refractivity contribution >= 4 is 29.0 Å². The summed E-state index contributed by atoms with van der Waals surface area (Å²) in [5, 5.41) is 8.51. The van der Waals surface area contributed by atoms with Crippen molar-refractivity contribution < 1.29 is 9.59 Å². The van der Waals surface area contributed by atoms with Crippen LogP contribution >= 0.6 is 11.5 Å². The van der Waals surface area contributed by atoms with Gasteiger partial charge in [0.05, 0.1) is 5.69 Å². The maximum atomic E-state index is 13.5. The maximum absolute atomic E-state index is 13.5. The van der Waals surface area contributed by atoms with Crippen molar-refractivity contribution in [2.75, 3.05) is 4.90 Å². The topological polar surface area (TPSA) is 88.1 Å². The van der Waals surface area contributed by atoms with Gasteiger partial charge < -0.3 is 5.32 Å². The molecular formula is C22H25N5O2S. The molecule has 0 aliphatic carbocycles. The Kier molecular flexibility index (Phi) is 6.56. The van der Waals surface area contributed by atoms with Crippen LogP contribution in [0.1, 0.15) is 55.5 Å². The van der Waals surface area contributed by atoms with Gasteiger partial charge in [0, 0.05) is 22.8 Å². The normalized spacial score (nSPS) is 12.3. The molecule has 2 heterocycles. The van der Waals surface area contributed by atoms with Crippen LogP contribution in [0.5, 0.6) is 0 Å². The summed E-state index contributed by atoms with van der Waals surface area (Å²) < 4.78 is 3.82. The van der Waals surface area contributed by atoms with Crippen molar-refractivity contribution in [2.45, 2.75) is 45.7 Å². The highest BCUT2D eigenvalue weighted by molar-refractivity contribution is 7.03. The second-order valence-electron chi connectivity index (χ2n) is 7.89. The Balaban J connectivity index is 2.17. The first-order chi connectivity index (χ1) is 14.3. The molecule has 3 aromatic rings. The van der Waals surface area contributed by atoms with Gasteiger partial charge in [-0.25, -0.2) is 0 Å². The van der Waals surface area contributed by atoms with Gasteiger partial charge in [-0.3, -0.25) is 19.5 Å². The molecule has 156 valence electrons. The van der Waals surface area contributed by atoms with E-state index in [-0.39, 0.29) is 11.6 Å². The number of hydrogen-bond donors (Lipinski definition) is 1. The fourth-order valence-corrected chi connectivity index (χ4v) is 3.48. The number of nitrogens with one attached hydrogen (secondary N) is 1. The van der Waals surface area contributed by atoms with E-state index in [1.807, 2.05) is 52.0 Å². The molecule has 0 aliphatic rings. The largest absolute Gasteiger partial charge is 0.349 e. The third-order valence-electron chi connectivity index (χ3n) is 4.37. The molecule has 1 N–H and O–H groups in total. The summed E-state index contributed by atoms with van der Waals surface area (Å²) in [6.45, 7) is 7.73. The SMILES string of the molecule is CCc1cccc(N(C(=O)c2csnn2)[C@@H](C(=O)NC(C)(C)C)c2ccccn2)c1. The Hall–Kier alpha value is -3.13. The van der Waals surface area contributed by atoms with E-state index in [1.54, 1.807) is 29.8 Å². The molecule has 1 aromatic carbocycles. The predicted octanol–water partition coefficient (Wildman–Crippen LogP) is 3.80. The first-order valence-corrected chi connectivity index (χ1v) is 10.6. The predicted molar refractivity (Wildman–Crippen MR) is 117 cm³/mol. The third-order valence-corrected chi connectivity index (χ3v) is 4.87. The van der Waals surface area contributed by atoms with E-state index in [4.69, 9.17) is 0 Å². The summed E-state index contributed by atoms with van der Waals surface area (Å²) >= 11 is 1.09. The average molecular weight is 424 g/mol. The lowest BCUT2D eigenvalue weighted by Crippen LogP contribution is -2.49. The van der Waals surface area contributed by atoms with Gasteiger partial charge in [-0.2, -0.15) is 0 Å². The van der Waals surface area contributed by atoms with E-state index >= 15 is 0 Å². The minimum atomic E-state index is -0.966. The molecule has 3 rings (SSSR count). The Bertz CT molecular complexity index is 1000. The smallest absolute Gasteiger partial charge is 0.280 e. The summed E-state index contributed by atoms with van der Waals surface area (Å²) in [5.41, 5.74) is 1.83. The third kappa shape index (κ3) is 5.07. The van der Waals surface area contributed by atoms with Crippen molar-refractivity contribution in [2.24, 2.45) is 0 Å². The quantitative estimate of drug-likeness (QED) is 0.652. The van der Waals surface area contributed by atoms with Crippen LogP contribution in [-0.4, -0.2) is 31.9 Å². The van der Waals surface area contributed by atoms with Crippen LogP contribution in [0.25, 0.3) is 0 Å². The summed E-state index contributed by atoms with van der Waals surface area (Å²) in [7, 11) is 0. The second-order valence-corrected chi connectivity index (χ2v) is 8.49. The van der Waals surface area contributed by atoms with E-state index in [9.17, 15) is 9.59 Å². The zero-order chi connectivity index (χ0) is 21.7. The van der Waals surface area contributed by atoms with E-state index in [2.05, 4.69) is 19.9 Å². The number of nitrogens with zero attached hydrogens (tertiary/aromatic N) is 4. The molecule has 7 nitrogen and oxygen atoms in total. The average Bonchev–Trinajstić information content (AvgIpc) is 3.25. The van der Waals surface area contributed by atoms with Crippen LogP contribution in [0.4, 0.5) is 5.69 Å². The molecule has 0 saturated carbocycles. The van der Waals surface area contributed by atoms with Gasteiger partial charge in [0.2, 0.25) is 5.91 Å². The summed E-state index contributed by atoms with van der Waals surface area (Å²) in [6, 6.07) is 12.0. The maximum Gasteiger partial charge on any atom is 0.280 e. The van der Waals surface area contributed by atoms with Gasteiger partial charge in [-0.05, 0) is 68.6 Å². The molecule has 0 saturated heterocycles. The number of rotatable bonds is 6. The van der Waals surface area contributed by atoms with Gasteiger partial charge in [0.15, 0.2) is 11.7 Å². The van der Waals surface area contributed by atoms with E-state index in [0.717, 1.165) is 23.5 Å². The first-order valence-electron chi connectivity index (χ1n) is 9.72. The van der Waals surface area contributed by atoms with Crippen LogP contribution in [0.2, 0.25) is 0 Å². The van der Waals surface area contributed by atoms with Crippen molar-refractivity contribution in [3.8, 4) is 0 Å². The monoisotopic (exact) mass is 423 g/mol. The van der Waals surface area contributed by atoms with Crippen molar-refractivity contribution in [3.05, 3.63) is 71.0 Å². The Morgan fingerprint density at radius 3 is 2.57 bits per heavy atom. The molecule has 0 unspecified atom stereocenters. The Morgan fingerprint density at radius 1 is 1.17 bits per heavy atom. The number of amides is 2. The van der Waals surface area contributed by atoms with Gasteiger partial charge in [-0.1, -0.05) is 29.6 Å². The molecule has 2 aromatic heterocycles. The van der Waals surface area contributed by atoms with Crippen LogP contribution in [0.3, 0.4) is 0 Å². The van der Waals surface area contributed by atoms with Crippen molar-refractivity contribution in [1.29, 1.82) is 0 Å². The second kappa shape index (κ2) is 9.13. The summed E-state index contributed by atoms with van der Waals surface area (Å²) in [6.07, 6.45) is 2.42. The van der Waals surface area contributed by atoms with Crippen LogP contribution < -0.4 is 10.2 Å². The zero-order valence-electron chi connectivity index (χ0n) is 17.5. The first kappa shape index (κ1) is 21.6. The van der Waals surface area contributed by atoms with Crippen molar-refractivity contribution in [3.63, 3.8) is 0 Å². The van der Waals surface area contributed by atoms with Crippen LogP contribution in [0.15, 0.2) is 54.0 Å². The Labute approximate surface area is 180 Å². The molecule has 0 spiro atoms. The lowest BCUT2D eigenvalue weighted by Gasteiger charge is -2.33. The highest BCUT2D eigenvalue weighted by Crippen LogP contribution is 2.30. The van der Waals surface area contributed by atoms with E-state index in [0.29, 0.717) is 11.4 Å². The standard InChI is InChI=1S/C22H25N5O2S/c1-5-15-9-8-10-16(13-15)27(21(29)18-14-30-26-25-18)19(17-11-6-7-12-23-17)20(28)24-22(2,3)4/h6-14,19H,5H2,1-4H3,(H,24,28)/t19-/m1/s1. The highest BCUT2D eigenvalue weighted by atomic mass is 32.1. The van der Waals surface area contributed by atoms with E-state index < -0.39 is 17.5 Å². The highest BCUT2D eigenvalue weighted by Gasteiger charge is 2.36. The summed E-state index contributed by atoms with van der Waals surface area (Å²) in [4.78, 5) is 32.8. The number of aromatic nitrogens is 3. The summed E-state index contributed by atoms with van der Waals surface area (Å²) in [5.74, 6) is -0.726. The zero-order valence-corrected chi connectivity index (χ0v) is 18.3. The fourth-order valence-electron chi connectivity index (χ4n) is 3.05. The number of anilines is 1. The molecule has 2 amide bonds. The minimum Gasteiger partial charge on any atom is -0.349 e. The molecule has 0 bridgehead atoms. The van der Waals surface area contributed by atoms with Crippen molar-refractivity contribution in [1.82, 2.24) is 19.9 Å². The Morgan fingerprint density at radius 2 is 1.97 bits per heavy atom. The molecule has 1 atom stereocenters. The van der Waals surface area contributed by atoms with E-state index in [1.165, 1.54) is 4.90 Å². The number of carbonyl (C=O) groups excluding carboxylic acids is 2. The molecule has 0 aliphatic heterocycles. The number of pyridine rings is 1. The number of hydrogen-bond acceptors (Lipinski definition) is 6. The number of benzene rings is 1. The van der Waals surface area contributed by atoms with Gasteiger partial charge in [0.1, 0.15) is 0 Å². The van der Waals surface area contributed by atoms with Gasteiger partial charge in [0.25, 0.3) is 5.91 Å². The lowest BCUT2D eigenvalue weighted by molar-refractivity contribution is -0.124. The van der Waals surface area contributed by atoms with Crippen LogP contribution in [0, 0.1) is 0 Å². The minimum absolute atomic E-state index is 0.186. The number of aryl methyl sites for hydroxylation is 1. The number of carbonyl (C=O) groups is 2. The van der Waals surface area contributed by atoms with Gasteiger partial charge in [-0.15, -0.1) is 5.10 Å². The van der Waals surface area contributed by atoms with Gasteiger partial charge >= 0.3 is 0 Å². The molecular weight excluding hydrogens is 398 g/mol. The molecule has 8 heteroatoms. The molecule has 0 fully saturated rings.